The van der Waals surface area contributed by atoms with Crippen molar-refractivity contribution in [1.82, 2.24) is 24.5 Å². The quantitative estimate of drug-likeness (QED) is 0.319. The molecule has 13 heteroatoms. The van der Waals surface area contributed by atoms with E-state index in [0.717, 1.165) is 39.6 Å². The van der Waals surface area contributed by atoms with Crippen molar-refractivity contribution in [3.05, 3.63) is 76.2 Å². The second-order valence-corrected chi connectivity index (χ2v) is 10.5. The summed E-state index contributed by atoms with van der Waals surface area (Å²) in [4.78, 5) is 34.8. The van der Waals surface area contributed by atoms with Gasteiger partial charge < -0.3 is 15.6 Å². The van der Waals surface area contributed by atoms with E-state index in [-0.39, 0.29) is 16.7 Å². The topological polar surface area (TPSA) is 124 Å². The lowest BCUT2D eigenvalue weighted by molar-refractivity contribution is -0.137. The highest BCUT2D eigenvalue weighted by Crippen LogP contribution is 2.42. The fourth-order valence-electron chi connectivity index (χ4n) is 4.84. The molecule has 1 aromatic carbocycles. The van der Waals surface area contributed by atoms with E-state index in [0.29, 0.717) is 29.6 Å². The highest BCUT2D eigenvalue weighted by Gasteiger charge is 2.36. The molecular formula is C27H21F3N8OS. The number of thiazole rings is 1. The normalized spacial score (nSPS) is 13.5. The maximum atomic E-state index is 14.0. The van der Waals surface area contributed by atoms with Gasteiger partial charge in [0.15, 0.2) is 0 Å². The Morgan fingerprint density at radius 2 is 1.88 bits per heavy atom. The predicted octanol–water partition coefficient (Wildman–Crippen LogP) is 4.96. The van der Waals surface area contributed by atoms with Crippen LogP contribution in [-0.2, 0) is 12.7 Å². The highest BCUT2D eigenvalue weighted by molar-refractivity contribution is 7.15. The molecule has 3 N–H and O–H groups in total. The first kappa shape index (κ1) is 25.6. The van der Waals surface area contributed by atoms with Crippen LogP contribution >= 0.6 is 11.3 Å². The molecule has 0 unspecified atom stereocenters. The minimum atomic E-state index is -4.72. The van der Waals surface area contributed by atoms with Crippen LogP contribution in [0, 0.1) is 13.8 Å². The first-order valence-corrected chi connectivity index (χ1v) is 13.0. The number of benzene rings is 1. The number of carbonyl (C=O) groups is 1. The number of anilines is 1. The summed E-state index contributed by atoms with van der Waals surface area (Å²) in [5.74, 6) is 0.389. The number of pyridine rings is 2. The molecule has 3 aliphatic rings. The number of alkyl halides is 3. The number of fused-ring (bicyclic) bond motifs is 3. The number of nitrogens with one attached hydrogen (secondary N) is 1. The number of hydrogen-bond donors (Lipinski definition) is 2. The van der Waals surface area contributed by atoms with Crippen LogP contribution in [-0.4, -0.2) is 37.0 Å². The van der Waals surface area contributed by atoms with Gasteiger partial charge in [-0.1, -0.05) is 12.1 Å². The Kier molecular flexibility index (Phi) is 6.10. The maximum Gasteiger partial charge on any atom is 0.417 e. The number of rotatable bonds is 4. The summed E-state index contributed by atoms with van der Waals surface area (Å²) < 4.78 is 44.0. The number of hydrogen-bond acceptors (Lipinski definition) is 8. The van der Waals surface area contributed by atoms with Gasteiger partial charge in [-0.05, 0) is 48.7 Å². The second-order valence-electron chi connectivity index (χ2n) is 9.27. The third kappa shape index (κ3) is 4.47. The monoisotopic (exact) mass is 562 g/mol. The predicted molar refractivity (Wildman–Crippen MR) is 144 cm³/mol. The van der Waals surface area contributed by atoms with Gasteiger partial charge in [-0.15, -0.1) is 11.3 Å². The summed E-state index contributed by atoms with van der Waals surface area (Å²) in [7, 11) is 0. The van der Waals surface area contributed by atoms with E-state index in [1.165, 1.54) is 17.4 Å². The van der Waals surface area contributed by atoms with E-state index in [1.807, 2.05) is 24.5 Å². The molecule has 0 aliphatic carbocycles. The molecule has 0 atom stereocenters. The highest BCUT2D eigenvalue weighted by atomic mass is 32.1. The van der Waals surface area contributed by atoms with Crippen LogP contribution in [0.3, 0.4) is 0 Å². The fourth-order valence-corrected chi connectivity index (χ4v) is 5.47. The summed E-state index contributed by atoms with van der Waals surface area (Å²) in [6.07, 6.45) is -0.371. The van der Waals surface area contributed by atoms with Gasteiger partial charge in [-0.3, -0.25) is 9.78 Å². The molecule has 3 aliphatic heterocycles. The van der Waals surface area contributed by atoms with Crippen LogP contribution in [0.4, 0.5) is 24.1 Å². The van der Waals surface area contributed by atoms with Gasteiger partial charge in [0.1, 0.15) is 17.3 Å². The second kappa shape index (κ2) is 9.52. The van der Waals surface area contributed by atoms with Gasteiger partial charge in [0.05, 0.1) is 5.56 Å². The van der Waals surface area contributed by atoms with Crippen molar-refractivity contribution in [3.63, 3.8) is 0 Å². The Bertz CT molecular complexity index is 1840. The van der Waals surface area contributed by atoms with Crippen LogP contribution in [0.2, 0.25) is 0 Å². The van der Waals surface area contributed by atoms with Crippen LogP contribution < -0.4 is 16.7 Å². The summed E-state index contributed by atoms with van der Waals surface area (Å²) >= 11 is 1.44. The third-order valence-corrected chi connectivity index (χ3v) is 7.41. The summed E-state index contributed by atoms with van der Waals surface area (Å²) in [5, 5.41) is 3.94. The van der Waals surface area contributed by atoms with E-state index in [4.69, 9.17) is 5.73 Å². The molecule has 0 saturated heterocycles. The Morgan fingerprint density at radius 3 is 2.60 bits per heavy atom. The summed E-state index contributed by atoms with van der Waals surface area (Å²) in [5.41, 5.74) is 7.10. The number of halogens is 3. The minimum absolute atomic E-state index is 0.177. The largest absolute Gasteiger partial charge is 0.417 e. The molecule has 0 fully saturated rings. The summed E-state index contributed by atoms with van der Waals surface area (Å²) in [6.45, 7) is 5.07. The molecule has 0 saturated carbocycles. The van der Waals surface area contributed by atoms with E-state index >= 15 is 0 Å². The van der Waals surface area contributed by atoms with Crippen LogP contribution in [0.5, 0.6) is 0 Å². The maximum absolute atomic E-state index is 14.0. The Balaban J connectivity index is 1.55. The van der Waals surface area contributed by atoms with Crippen LogP contribution in [0.15, 0.2) is 53.9 Å². The van der Waals surface area contributed by atoms with Crippen molar-refractivity contribution in [2.45, 2.75) is 26.6 Å². The first-order chi connectivity index (χ1) is 19.1. The Hall–Kier alpha value is -4.65. The van der Waals surface area contributed by atoms with Crippen molar-refractivity contribution in [2.24, 2.45) is 10.7 Å². The lowest BCUT2D eigenvalue weighted by Gasteiger charge is -2.20. The minimum Gasteiger partial charge on any atom is -0.369 e. The molecule has 0 radical (unpaired) electrons. The van der Waals surface area contributed by atoms with E-state index in [1.54, 1.807) is 24.5 Å². The van der Waals surface area contributed by atoms with Crippen molar-refractivity contribution < 1.29 is 18.0 Å². The third-order valence-electron chi connectivity index (χ3n) is 6.60. The Morgan fingerprint density at radius 1 is 1.07 bits per heavy atom. The molecule has 5 heterocycles. The zero-order chi connectivity index (χ0) is 28.2. The lowest BCUT2D eigenvalue weighted by Crippen LogP contribution is -2.18. The van der Waals surface area contributed by atoms with Gasteiger partial charge in [0.25, 0.3) is 11.5 Å². The standard InChI is InChI=1S/C27H21F3N8OS/c1-13-3-4-15(20-19(27(28,29)30)5-6-32-21(20)22(31)39)9-17(13)18-10-16-12-34-25(37-26-35-11-14(2)40-26)36-23(16)38-8-7-33-24(18)38/h3-6,9-12,33H,7-8H2,1-2H3,(H2,31,39). The van der Waals surface area contributed by atoms with Crippen molar-refractivity contribution in [2.75, 3.05) is 11.9 Å². The number of amides is 1. The van der Waals surface area contributed by atoms with Crippen molar-refractivity contribution in [3.8, 4) is 33.6 Å². The molecular weight excluding hydrogens is 541 g/mol. The molecule has 202 valence electrons. The van der Waals surface area contributed by atoms with Gasteiger partial charge in [-0.2, -0.15) is 23.1 Å². The van der Waals surface area contributed by atoms with Gasteiger partial charge >= 0.3 is 6.18 Å². The number of primary amides is 1. The number of nitrogens with zero attached hydrogens (tertiary/aromatic N) is 6. The zero-order valence-corrected chi connectivity index (χ0v) is 22.1. The number of nitrogens with two attached hydrogens (primary N) is 1. The van der Waals surface area contributed by atoms with Crippen molar-refractivity contribution in [1.29, 1.82) is 0 Å². The zero-order valence-electron chi connectivity index (χ0n) is 21.2. The van der Waals surface area contributed by atoms with Gasteiger partial charge in [0, 0.05) is 53.2 Å². The van der Waals surface area contributed by atoms with Gasteiger partial charge in [-0.25, -0.2) is 9.97 Å². The average molecular weight is 563 g/mol. The molecule has 3 aromatic rings. The van der Waals surface area contributed by atoms with Crippen molar-refractivity contribution >= 4 is 28.2 Å². The molecule has 2 aromatic heterocycles. The number of carbonyl (C=O) groups excluding carboxylic acids is 1. The molecule has 0 spiro atoms. The summed E-state index contributed by atoms with van der Waals surface area (Å²) in [6, 6.07) is 7.63. The van der Waals surface area contributed by atoms with Gasteiger partial charge in [0.2, 0.25) is 5.13 Å². The first-order valence-electron chi connectivity index (χ1n) is 12.2. The lowest BCUT2D eigenvalue weighted by atomic mass is 9.91. The molecule has 0 bridgehead atoms. The van der Waals surface area contributed by atoms with E-state index in [9.17, 15) is 18.0 Å². The molecule has 40 heavy (non-hydrogen) atoms. The Labute approximate surface area is 229 Å². The molecule has 9 nitrogen and oxygen atoms in total. The SMILES string of the molecule is Cc1cnc(N=c2ncc3cc(-c4cc(-c5c(C(F)(F)F)ccnc5C(N)=O)ccc4C)c4n(c-3n2)CCN4)s1. The van der Waals surface area contributed by atoms with E-state index < -0.39 is 23.3 Å². The van der Waals surface area contributed by atoms with Crippen LogP contribution in [0.25, 0.3) is 33.6 Å². The fraction of sp³-hybridized carbons (Fsp3) is 0.185. The molecule has 1 amide bonds. The van der Waals surface area contributed by atoms with E-state index in [2.05, 4.69) is 30.2 Å². The number of aromatic nitrogens is 5. The van der Waals surface area contributed by atoms with Crippen LogP contribution in [0.1, 0.15) is 26.5 Å². The average Bonchev–Trinajstić information content (AvgIpc) is 3.57. The smallest absolute Gasteiger partial charge is 0.369 e. The number of aryl methyl sites for hydroxylation is 2. The molecule has 6 rings (SSSR count).